The second-order valence-corrected chi connectivity index (χ2v) is 7.69. The highest BCUT2D eigenvalue weighted by atomic mass is 35.5. The van der Waals surface area contributed by atoms with Crippen molar-refractivity contribution in [3.63, 3.8) is 0 Å². The maximum absolute atomic E-state index is 13.6. The first-order valence-corrected chi connectivity index (χ1v) is 10.5. The molecular weight excluding hydrogens is 450 g/mol. The summed E-state index contributed by atoms with van der Waals surface area (Å²) in [7, 11) is 0. The van der Waals surface area contributed by atoms with E-state index < -0.39 is 5.91 Å². The molecule has 1 amide bonds. The number of nitrogens with one attached hydrogen (secondary N) is 1. The lowest BCUT2D eigenvalue weighted by atomic mass is 10.0. The zero-order chi connectivity index (χ0) is 23.1. The summed E-state index contributed by atoms with van der Waals surface area (Å²) in [5.74, 6) is -0.389. The van der Waals surface area contributed by atoms with Crippen molar-refractivity contribution in [1.29, 1.82) is 5.26 Å². The highest BCUT2D eigenvalue weighted by molar-refractivity contribution is 6.32. The number of nitrogens with zero attached hydrogens (tertiary/aromatic N) is 1. The fourth-order valence-corrected chi connectivity index (χ4v) is 3.48. The van der Waals surface area contributed by atoms with E-state index in [1.807, 2.05) is 13.0 Å². The molecule has 32 heavy (non-hydrogen) atoms. The Balaban J connectivity index is 1.90. The topological polar surface area (TPSA) is 62.1 Å². The van der Waals surface area contributed by atoms with Crippen LogP contribution >= 0.6 is 23.2 Å². The smallest absolute Gasteiger partial charge is 0.266 e. The molecule has 0 aliphatic heterocycles. The highest BCUT2D eigenvalue weighted by Crippen LogP contribution is 2.32. The van der Waals surface area contributed by atoms with Crippen molar-refractivity contribution in [2.75, 3.05) is 11.9 Å². The third-order valence-corrected chi connectivity index (χ3v) is 5.11. The molecule has 0 unspecified atom stereocenters. The summed E-state index contributed by atoms with van der Waals surface area (Å²) in [5, 5.41) is 13.1. The average molecular weight is 469 g/mol. The largest absolute Gasteiger partial charge is 0.494 e. The molecule has 0 spiro atoms. The first-order valence-electron chi connectivity index (χ1n) is 9.78. The molecular formula is C25H19Cl2FN2O2. The number of carbonyl (C=O) groups excluding carboxylic acids is 1. The number of anilines is 1. The van der Waals surface area contributed by atoms with Crippen LogP contribution in [-0.4, -0.2) is 12.5 Å². The molecule has 0 aliphatic carbocycles. The maximum Gasteiger partial charge on any atom is 0.266 e. The van der Waals surface area contributed by atoms with Crippen LogP contribution < -0.4 is 10.1 Å². The molecule has 3 aromatic carbocycles. The van der Waals surface area contributed by atoms with Gasteiger partial charge >= 0.3 is 0 Å². The standard InChI is InChI=1S/C25H19Cl2FN2O2/c1-2-32-24-14-17(13-23(27)22(24)12-16-4-3-5-20(28)11-16)10-18(15-29)25(31)30-21-8-6-19(26)7-9-21/h3-11,13-14H,2,12H2,1H3,(H,30,31)/b18-10+. The van der Waals surface area contributed by atoms with Crippen LogP contribution in [0.15, 0.2) is 66.2 Å². The summed E-state index contributed by atoms with van der Waals surface area (Å²) in [5.41, 5.74) is 2.39. The lowest BCUT2D eigenvalue weighted by Crippen LogP contribution is -2.13. The number of hydrogen-bond acceptors (Lipinski definition) is 3. The first-order chi connectivity index (χ1) is 15.4. The SMILES string of the molecule is CCOc1cc(/C=C(\C#N)C(=O)Nc2ccc(Cl)cc2)cc(Cl)c1Cc1cccc(F)c1. The molecule has 4 nitrogen and oxygen atoms in total. The Kier molecular flexibility index (Phi) is 7.88. The van der Waals surface area contributed by atoms with Crippen molar-refractivity contribution >= 4 is 40.9 Å². The zero-order valence-corrected chi connectivity index (χ0v) is 18.7. The van der Waals surface area contributed by atoms with Crippen molar-refractivity contribution < 1.29 is 13.9 Å². The van der Waals surface area contributed by atoms with Crippen LogP contribution in [0.4, 0.5) is 10.1 Å². The normalized spacial score (nSPS) is 11.0. The Hall–Kier alpha value is -3.33. The van der Waals surface area contributed by atoms with Crippen LogP contribution in [0.3, 0.4) is 0 Å². The minimum Gasteiger partial charge on any atom is -0.494 e. The average Bonchev–Trinajstić information content (AvgIpc) is 2.76. The van der Waals surface area contributed by atoms with Crippen molar-refractivity contribution in [2.24, 2.45) is 0 Å². The molecule has 3 rings (SSSR count). The van der Waals surface area contributed by atoms with Gasteiger partial charge in [-0.15, -0.1) is 0 Å². The van der Waals surface area contributed by atoms with Gasteiger partial charge in [-0.05, 0) is 72.7 Å². The number of carbonyl (C=O) groups is 1. The molecule has 0 saturated carbocycles. The molecule has 0 aliphatic rings. The van der Waals surface area contributed by atoms with E-state index in [-0.39, 0.29) is 11.4 Å². The van der Waals surface area contributed by atoms with Crippen LogP contribution in [0, 0.1) is 17.1 Å². The molecule has 162 valence electrons. The van der Waals surface area contributed by atoms with Crippen LogP contribution in [0.5, 0.6) is 5.75 Å². The minimum absolute atomic E-state index is 0.101. The lowest BCUT2D eigenvalue weighted by molar-refractivity contribution is -0.112. The second kappa shape index (κ2) is 10.8. The van der Waals surface area contributed by atoms with Gasteiger partial charge < -0.3 is 10.1 Å². The van der Waals surface area contributed by atoms with Crippen molar-refractivity contribution in [3.8, 4) is 11.8 Å². The van der Waals surface area contributed by atoms with Gasteiger partial charge in [0, 0.05) is 27.7 Å². The molecule has 0 saturated heterocycles. The molecule has 3 aromatic rings. The third-order valence-electron chi connectivity index (χ3n) is 4.52. The van der Waals surface area contributed by atoms with Gasteiger partial charge in [-0.2, -0.15) is 5.26 Å². The van der Waals surface area contributed by atoms with Crippen molar-refractivity contribution in [2.45, 2.75) is 13.3 Å². The van der Waals surface area contributed by atoms with Gasteiger partial charge in [0.15, 0.2) is 0 Å². The fourth-order valence-electron chi connectivity index (χ4n) is 3.07. The number of ether oxygens (including phenoxy) is 1. The van der Waals surface area contributed by atoms with Crippen molar-refractivity contribution in [1.82, 2.24) is 0 Å². The number of nitriles is 1. The summed E-state index contributed by atoms with van der Waals surface area (Å²) < 4.78 is 19.3. The molecule has 0 heterocycles. The second-order valence-electron chi connectivity index (χ2n) is 6.85. The van der Waals surface area contributed by atoms with Gasteiger partial charge in [-0.3, -0.25) is 4.79 Å². The summed E-state index contributed by atoms with van der Waals surface area (Å²) in [6, 6.07) is 18.1. The van der Waals surface area contributed by atoms with E-state index in [2.05, 4.69) is 5.32 Å². The molecule has 0 fully saturated rings. The Morgan fingerprint density at radius 1 is 1.16 bits per heavy atom. The van der Waals surface area contributed by atoms with E-state index in [4.69, 9.17) is 27.9 Å². The van der Waals surface area contributed by atoms with E-state index in [1.165, 1.54) is 18.2 Å². The Morgan fingerprint density at radius 3 is 2.56 bits per heavy atom. The number of hydrogen-bond donors (Lipinski definition) is 1. The van der Waals surface area contributed by atoms with Crippen LogP contribution in [-0.2, 0) is 11.2 Å². The van der Waals surface area contributed by atoms with Gasteiger partial charge in [0.1, 0.15) is 23.2 Å². The predicted octanol–water partition coefficient (Wildman–Crippen LogP) is 6.67. The molecule has 7 heteroatoms. The van der Waals surface area contributed by atoms with E-state index in [0.29, 0.717) is 45.6 Å². The third kappa shape index (κ3) is 6.10. The van der Waals surface area contributed by atoms with E-state index in [9.17, 15) is 14.4 Å². The lowest BCUT2D eigenvalue weighted by Gasteiger charge is -2.14. The van der Waals surface area contributed by atoms with Gasteiger partial charge in [0.2, 0.25) is 0 Å². The monoisotopic (exact) mass is 468 g/mol. The summed E-state index contributed by atoms with van der Waals surface area (Å²) >= 11 is 12.4. The first kappa shape index (κ1) is 23.3. The predicted molar refractivity (Wildman–Crippen MR) is 125 cm³/mol. The van der Waals surface area contributed by atoms with Crippen molar-refractivity contribution in [3.05, 3.63) is 98.8 Å². The zero-order valence-electron chi connectivity index (χ0n) is 17.2. The van der Waals surface area contributed by atoms with E-state index >= 15 is 0 Å². The fraction of sp³-hybridized carbons (Fsp3) is 0.120. The number of halogens is 3. The Bertz CT molecular complexity index is 1200. The van der Waals surface area contributed by atoms with Gasteiger partial charge in [-0.25, -0.2) is 4.39 Å². The van der Waals surface area contributed by atoms with Gasteiger partial charge in [0.05, 0.1) is 6.61 Å². The number of amides is 1. The number of benzene rings is 3. The number of rotatable bonds is 7. The van der Waals surface area contributed by atoms with Gasteiger partial charge in [-0.1, -0.05) is 35.3 Å². The summed E-state index contributed by atoms with van der Waals surface area (Å²) in [4.78, 5) is 12.5. The minimum atomic E-state index is -0.562. The summed E-state index contributed by atoms with van der Waals surface area (Å²) in [6.07, 6.45) is 1.81. The molecule has 0 atom stereocenters. The summed E-state index contributed by atoms with van der Waals surface area (Å²) in [6.45, 7) is 2.23. The van der Waals surface area contributed by atoms with E-state index in [1.54, 1.807) is 48.5 Å². The van der Waals surface area contributed by atoms with Crippen LogP contribution in [0.2, 0.25) is 10.0 Å². The Morgan fingerprint density at radius 2 is 1.91 bits per heavy atom. The van der Waals surface area contributed by atoms with Crippen LogP contribution in [0.1, 0.15) is 23.6 Å². The van der Waals surface area contributed by atoms with Gasteiger partial charge in [0.25, 0.3) is 5.91 Å². The molecule has 1 N–H and O–H groups in total. The Labute approximate surface area is 195 Å². The maximum atomic E-state index is 13.6. The molecule has 0 aromatic heterocycles. The van der Waals surface area contributed by atoms with Crippen LogP contribution in [0.25, 0.3) is 6.08 Å². The highest BCUT2D eigenvalue weighted by Gasteiger charge is 2.14. The molecule has 0 bridgehead atoms. The molecule has 0 radical (unpaired) electrons. The van der Waals surface area contributed by atoms with E-state index in [0.717, 1.165) is 5.56 Å². The quantitative estimate of drug-likeness (QED) is 0.311.